The number of carbonyl (C=O) groups is 1. The molecule has 1 fully saturated rings. The van der Waals surface area contributed by atoms with Crippen molar-refractivity contribution in [3.05, 3.63) is 51.8 Å². The van der Waals surface area contributed by atoms with Crippen LogP contribution in [0.4, 0.5) is 27.6 Å². The average Bonchev–Trinajstić information content (AvgIpc) is 3.48. The summed E-state index contributed by atoms with van der Waals surface area (Å²) < 4.78 is 67.5. The summed E-state index contributed by atoms with van der Waals surface area (Å²) in [7, 11) is 0. The third-order valence-electron chi connectivity index (χ3n) is 5.01. The first kappa shape index (κ1) is 21.5. The maximum atomic E-state index is 13.6. The Bertz CT molecular complexity index is 1170. The van der Waals surface area contributed by atoms with Crippen molar-refractivity contribution in [1.82, 2.24) is 14.8 Å². The molecule has 1 N–H and O–H groups in total. The molecule has 0 bridgehead atoms. The fourth-order valence-electron chi connectivity index (χ4n) is 3.43. The Hall–Kier alpha value is -2.75. The Balaban J connectivity index is 1.64. The first-order valence-corrected chi connectivity index (χ1v) is 9.75. The lowest BCUT2D eigenvalue weighted by Crippen LogP contribution is -2.20. The third kappa shape index (κ3) is 4.34. The van der Waals surface area contributed by atoms with Crippen LogP contribution >= 0.6 is 11.6 Å². The van der Waals surface area contributed by atoms with E-state index < -0.39 is 35.6 Å². The van der Waals surface area contributed by atoms with Crippen LogP contribution in [0.25, 0.3) is 11.0 Å². The van der Waals surface area contributed by atoms with Gasteiger partial charge in [0.05, 0.1) is 21.7 Å². The molecular formula is C20H16ClF5N4O. The van der Waals surface area contributed by atoms with Crippen molar-refractivity contribution >= 4 is 34.2 Å². The molecule has 1 aliphatic rings. The van der Waals surface area contributed by atoms with E-state index in [1.165, 1.54) is 23.7 Å². The molecule has 1 amide bonds. The number of alkyl halides is 5. The fourth-order valence-corrected chi connectivity index (χ4v) is 3.66. The molecule has 0 atom stereocenters. The van der Waals surface area contributed by atoms with Gasteiger partial charge in [-0.2, -0.15) is 18.3 Å². The molecule has 2 aromatic heterocycles. The van der Waals surface area contributed by atoms with Crippen LogP contribution in [0.15, 0.2) is 24.3 Å². The molecule has 11 heteroatoms. The van der Waals surface area contributed by atoms with Crippen molar-refractivity contribution in [3.8, 4) is 0 Å². The van der Waals surface area contributed by atoms with Gasteiger partial charge in [0, 0.05) is 22.9 Å². The minimum atomic E-state index is -4.68. The number of benzene rings is 1. The smallest absolute Gasteiger partial charge is 0.324 e. The predicted octanol–water partition coefficient (Wildman–Crippen LogP) is 5.87. The van der Waals surface area contributed by atoms with E-state index in [-0.39, 0.29) is 28.2 Å². The number of nitrogens with zero attached hydrogens (tertiary/aromatic N) is 3. The maximum absolute atomic E-state index is 13.6. The van der Waals surface area contributed by atoms with E-state index in [1.807, 2.05) is 0 Å². The van der Waals surface area contributed by atoms with E-state index >= 15 is 0 Å². The van der Waals surface area contributed by atoms with Crippen molar-refractivity contribution in [2.45, 2.75) is 44.8 Å². The highest BCUT2D eigenvalue weighted by Crippen LogP contribution is 2.42. The quantitative estimate of drug-likeness (QED) is 0.487. The van der Waals surface area contributed by atoms with E-state index in [0.717, 1.165) is 25.0 Å². The van der Waals surface area contributed by atoms with Crippen LogP contribution in [0.2, 0.25) is 5.02 Å². The van der Waals surface area contributed by atoms with Crippen LogP contribution < -0.4 is 5.32 Å². The number of anilines is 1. The Morgan fingerprint density at radius 2 is 2.00 bits per heavy atom. The summed E-state index contributed by atoms with van der Waals surface area (Å²) in [5, 5.41) is 6.21. The first-order chi connectivity index (χ1) is 14.5. The molecule has 5 nitrogen and oxygen atoms in total. The zero-order valence-electron chi connectivity index (χ0n) is 16.1. The Morgan fingerprint density at radius 1 is 1.29 bits per heavy atom. The van der Waals surface area contributed by atoms with Crippen LogP contribution in [-0.2, 0) is 17.5 Å². The van der Waals surface area contributed by atoms with Gasteiger partial charge in [-0.15, -0.1) is 0 Å². The van der Waals surface area contributed by atoms with Gasteiger partial charge >= 0.3 is 6.18 Å². The highest BCUT2D eigenvalue weighted by Gasteiger charge is 2.33. The monoisotopic (exact) mass is 458 g/mol. The standard InChI is InChI=1S/C20H16ClF5N4O/c1-9-17-12(18(22)23)7-15(10-2-3-10)28-19(17)30(29-9)8-16(31)27-11-4-5-14(21)13(6-11)20(24,25)26/h4-7,10,18H,2-3,8H2,1H3,(H,27,31). The molecule has 31 heavy (non-hydrogen) atoms. The number of hydrogen-bond donors (Lipinski definition) is 1. The highest BCUT2D eigenvalue weighted by atomic mass is 35.5. The van der Waals surface area contributed by atoms with Gasteiger partial charge in [-0.05, 0) is 44.0 Å². The molecule has 4 rings (SSSR count). The van der Waals surface area contributed by atoms with Crippen molar-refractivity contribution in [2.75, 3.05) is 5.32 Å². The maximum Gasteiger partial charge on any atom is 0.417 e. The molecule has 164 valence electrons. The molecule has 1 saturated carbocycles. The second-order valence-electron chi connectivity index (χ2n) is 7.39. The van der Waals surface area contributed by atoms with E-state index in [4.69, 9.17) is 11.6 Å². The van der Waals surface area contributed by atoms with E-state index in [1.54, 1.807) is 0 Å². The van der Waals surface area contributed by atoms with Crippen molar-refractivity contribution in [1.29, 1.82) is 0 Å². The molecule has 1 aliphatic carbocycles. The van der Waals surface area contributed by atoms with E-state index in [2.05, 4.69) is 15.4 Å². The number of fused-ring (bicyclic) bond motifs is 1. The van der Waals surface area contributed by atoms with Gasteiger partial charge in [0.2, 0.25) is 5.91 Å². The minimum Gasteiger partial charge on any atom is -0.324 e. The number of amides is 1. The largest absolute Gasteiger partial charge is 0.417 e. The number of nitrogens with one attached hydrogen (secondary N) is 1. The zero-order valence-corrected chi connectivity index (χ0v) is 16.9. The molecule has 2 heterocycles. The van der Waals surface area contributed by atoms with Gasteiger partial charge in [-0.1, -0.05) is 11.6 Å². The summed E-state index contributed by atoms with van der Waals surface area (Å²) in [6, 6.07) is 4.38. The molecular weight excluding hydrogens is 443 g/mol. The molecule has 0 radical (unpaired) electrons. The van der Waals surface area contributed by atoms with Gasteiger partial charge in [0.1, 0.15) is 6.54 Å². The van der Waals surface area contributed by atoms with E-state index in [0.29, 0.717) is 11.4 Å². The summed E-state index contributed by atoms with van der Waals surface area (Å²) in [6.07, 6.45) is -5.70. The van der Waals surface area contributed by atoms with Crippen molar-refractivity contribution in [2.24, 2.45) is 0 Å². The van der Waals surface area contributed by atoms with Gasteiger partial charge in [-0.3, -0.25) is 4.79 Å². The Labute approximate surface area is 178 Å². The van der Waals surface area contributed by atoms with Gasteiger partial charge in [0.15, 0.2) is 5.65 Å². The number of hydrogen-bond acceptors (Lipinski definition) is 3. The third-order valence-corrected chi connectivity index (χ3v) is 5.34. The fraction of sp³-hybridized carbons (Fsp3) is 0.350. The molecule has 0 unspecified atom stereocenters. The summed E-state index contributed by atoms with van der Waals surface area (Å²) in [6.45, 7) is 1.13. The average molecular weight is 459 g/mol. The molecule has 0 spiro atoms. The second kappa shape index (κ2) is 7.74. The number of carbonyl (C=O) groups excluding carboxylic acids is 1. The lowest BCUT2D eigenvalue weighted by Gasteiger charge is -2.12. The van der Waals surface area contributed by atoms with Crippen LogP contribution in [-0.4, -0.2) is 20.7 Å². The van der Waals surface area contributed by atoms with Gasteiger partial charge < -0.3 is 5.32 Å². The number of aryl methyl sites for hydroxylation is 1. The summed E-state index contributed by atoms with van der Waals surface area (Å²) >= 11 is 5.58. The normalized spacial score (nSPS) is 14.5. The van der Waals surface area contributed by atoms with Crippen LogP contribution in [0, 0.1) is 6.92 Å². The number of halogens is 6. The Morgan fingerprint density at radius 3 is 2.61 bits per heavy atom. The molecule has 0 saturated heterocycles. The van der Waals surface area contributed by atoms with Crippen LogP contribution in [0.1, 0.15) is 47.7 Å². The summed E-state index contributed by atoms with van der Waals surface area (Å²) in [4.78, 5) is 16.9. The minimum absolute atomic E-state index is 0.102. The SMILES string of the molecule is Cc1nn(CC(=O)Nc2ccc(Cl)c(C(F)(F)F)c2)c2nc(C3CC3)cc(C(F)F)c12. The van der Waals surface area contributed by atoms with Gasteiger partial charge in [-0.25, -0.2) is 18.4 Å². The molecule has 0 aliphatic heterocycles. The number of rotatable bonds is 5. The molecule has 3 aromatic rings. The number of pyridine rings is 1. The van der Waals surface area contributed by atoms with Gasteiger partial charge in [0.25, 0.3) is 6.43 Å². The van der Waals surface area contributed by atoms with Crippen molar-refractivity contribution in [3.63, 3.8) is 0 Å². The summed E-state index contributed by atoms with van der Waals surface area (Å²) in [5.74, 6) is -0.577. The lowest BCUT2D eigenvalue weighted by molar-refractivity contribution is -0.137. The molecule has 1 aromatic carbocycles. The Kier molecular flexibility index (Phi) is 5.36. The topological polar surface area (TPSA) is 59.8 Å². The van der Waals surface area contributed by atoms with Crippen molar-refractivity contribution < 1.29 is 26.7 Å². The predicted molar refractivity (Wildman–Crippen MR) is 104 cm³/mol. The lowest BCUT2D eigenvalue weighted by atomic mass is 10.1. The summed E-state index contributed by atoms with van der Waals surface area (Å²) in [5.41, 5.74) is -0.404. The van der Waals surface area contributed by atoms with E-state index in [9.17, 15) is 26.7 Å². The highest BCUT2D eigenvalue weighted by molar-refractivity contribution is 6.31. The van der Waals surface area contributed by atoms with Crippen LogP contribution in [0.3, 0.4) is 0 Å². The second-order valence-corrected chi connectivity index (χ2v) is 7.80. The number of aromatic nitrogens is 3. The van der Waals surface area contributed by atoms with Crippen LogP contribution in [0.5, 0.6) is 0 Å². The first-order valence-electron chi connectivity index (χ1n) is 9.37. The zero-order chi connectivity index (χ0) is 22.5.